The number of aromatic nitrogens is 2. The second kappa shape index (κ2) is 9.46. The highest BCUT2D eigenvalue weighted by molar-refractivity contribution is 5.76. The minimum Gasteiger partial charge on any atom is -0.483 e. The van der Waals surface area contributed by atoms with E-state index in [0.29, 0.717) is 6.54 Å². The molecule has 0 radical (unpaired) electrons. The summed E-state index contributed by atoms with van der Waals surface area (Å²) in [5.41, 5.74) is 2.42. The van der Waals surface area contributed by atoms with Crippen LogP contribution >= 0.6 is 0 Å². The number of pyridine rings is 1. The van der Waals surface area contributed by atoms with E-state index in [1.807, 2.05) is 46.4 Å². The number of anilines is 1. The summed E-state index contributed by atoms with van der Waals surface area (Å²) in [5, 5.41) is 6.89. The number of aryl methyl sites for hydroxylation is 1. The van der Waals surface area contributed by atoms with Gasteiger partial charge in [-0.2, -0.15) is 0 Å². The topological polar surface area (TPSA) is 78.7 Å². The van der Waals surface area contributed by atoms with Gasteiger partial charge in [-0.1, -0.05) is 0 Å². The van der Waals surface area contributed by atoms with Crippen molar-refractivity contribution < 1.29 is 14.7 Å². The Labute approximate surface area is 147 Å². The van der Waals surface area contributed by atoms with Gasteiger partial charge in [0.25, 0.3) is 6.47 Å². The average Bonchev–Trinajstić information content (AvgIpc) is 2.98. The normalized spacial score (nSPS) is 14.3. The first-order chi connectivity index (χ1) is 12.2. The van der Waals surface area contributed by atoms with E-state index in [4.69, 9.17) is 9.90 Å². The number of carboxylic acid groups (broad SMARTS) is 1. The van der Waals surface area contributed by atoms with Gasteiger partial charge in [0.1, 0.15) is 6.54 Å². The molecule has 0 spiro atoms. The third-order valence-corrected chi connectivity index (χ3v) is 4.16. The molecular formula is C18H24N4O3. The second-order valence-corrected chi connectivity index (χ2v) is 5.84. The molecule has 1 N–H and O–H groups in total. The van der Waals surface area contributed by atoms with Gasteiger partial charge in [0.05, 0.1) is 0 Å². The van der Waals surface area contributed by atoms with Crippen LogP contribution in [0.15, 0.2) is 43.0 Å². The van der Waals surface area contributed by atoms with Gasteiger partial charge < -0.3 is 19.5 Å². The minimum atomic E-state index is -0.250. The molecular weight excluding hydrogens is 320 g/mol. The van der Waals surface area contributed by atoms with Crippen molar-refractivity contribution in [2.75, 3.05) is 31.1 Å². The first kappa shape index (κ1) is 18.5. The molecule has 1 aliphatic heterocycles. The van der Waals surface area contributed by atoms with Crippen LogP contribution in [-0.2, 0) is 16.1 Å². The van der Waals surface area contributed by atoms with E-state index in [9.17, 15) is 4.79 Å². The third kappa shape index (κ3) is 5.34. The van der Waals surface area contributed by atoms with E-state index < -0.39 is 0 Å². The fraction of sp³-hybridized carbons (Fsp3) is 0.389. The quantitative estimate of drug-likeness (QED) is 0.856. The maximum absolute atomic E-state index is 12.4. The van der Waals surface area contributed by atoms with Crippen molar-refractivity contribution in [3.8, 4) is 0 Å². The molecule has 0 unspecified atom stereocenters. The summed E-state index contributed by atoms with van der Waals surface area (Å²) in [6.45, 7) is 5.74. The van der Waals surface area contributed by atoms with Crippen LogP contribution in [0.3, 0.4) is 0 Å². The van der Waals surface area contributed by atoms with Gasteiger partial charge in [-0.05, 0) is 37.1 Å². The van der Waals surface area contributed by atoms with Crippen LogP contribution in [0.25, 0.3) is 0 Å². The van der Waals surface area contributed by atoms with Crippen molar-refractivity contribution >= 4 is 18.1 Å². The third-order valence-electron chi connectivity index (χ3n) is 4.16. The molecule has 1 amide bonds. The molecule has 2 aromatic heterocycles. The first-order valence-corrected chi connectivity index (χ1v) is 8.27. The molecule has 25 heavy (non-hydrogen) atoms. The number of hydrogen-bond donors (Lipinski definition) is 1. The molecule has 0 bridgehead atoms. The van der Waals surface area contributed by atoms with Gasteiger partial charge in [-0.15, -0.1) is 0 Å². The van der Waals surface area contributed by atoms with E-state index in [2.05, 4.69) is 22.9 Å². The maximum Gasteiger partial charge on any atom is 0.290 e. The van der Waals surface area contributed by atoms with Gasteiger partial charge in [-0.25, -0.2) is 0 Å². The van der Waals surface area contributed by atoms with Crippen LogP contribution in [0.5, 0.6) is 0 Å². The fourth-order valence-electron chi connectivity index (χ4n) is 2.96. The number of hydrogen-bond acceptors (Lipinski definition) is 4. The molecule has 0 atom stereocenters. The largest absolute Gasteiger partial charge is 0.483 e. The smallest absolute Gasteiger partial charge is 0.290 e. The van der Waals surface area contributed by atoms with E-state index in [0.717, 1.165) is 32.6 Å². The minimum absolute atomic E-state index is 0.199. The number of amides is 1. The molecule has 1 fully saturated rings. The van der Waals surface area contributed by atoms with Gasteiger partial charge in [0.2, 0.25) is 5.91 Å². The molecule has 7 nitrogen and oxygen atoms in total. The zero-order valence-electron chi connectivity index (χ0n) is 14.4. The van der Waals surface area contributed by atoms with Crippen molar-refractivity contribution in [2.45, 2.75) is 19.9 Å². The molecule has 0 saturated carbocycles. The highest BCUT2D eigenvalue weighted by Gasteiger charge is 2.20. The van der Waals surface area contributed by atoms with Crippen LogP contribution in [0.1, 0.15) is 12.0 Å². The molecule has 1 aliphatic rings. The predicted octanol–water partition coefficient (Wildman–Crippen LogP) is 1.63. The van der Waals surface area contributed by atoms with Crippen LogP contribution < -0.4 is 4.90 Å². The van der Waals surface area contributed by atoms with E-state index in [1.54, 1.807) is 0 Å². The highest BCUT2D eigenvalue weighted by atomic mass is 16.3. The highest BCUT2D eigenvalue weighted by Crippen LogP contribution is 2.20. The van der Waals surface area contributed by atoms with Crippen molar-refractivity contribution in [1.29, 1.82) is 0 Å². The lowest BCUT2D eigenvalue weighted by atomic mass is 10.2. The summed E-state index contributed by atoms with van der Waals surface area (Å²) in [6.07, 6.45) is 8.60. The van der Waals surface area contributed by atoms with E-state index in [1.165, 1.54) is 11.3 Å². The summed E-state index contributed by atoms with van der Waals surface area (Å²) in [5.74, 6) is 0.199. The van der Waals surface area contributed by atoms with Crippen LogP contribution in [-0.4, -0.2) is 58.1 Å². The summed E-state index contributed by atoms with van der Waals surface area (Å²) in [4.78, 5) is 29.3. The molecule has 0 aromatic carbocycles. The molecule has 1 saturated heterocycles. The van der Waals surface area contributed by atoms with Crippen LogP contribution in [0, 0.1) is 6.92 Å². The van der Waals surface area contributed by atoms with Crippen molar-refractivity contribution in [3.05, 3.63) is 48.5 Å². The first-order valence-electron chi connectivity index (χ1n) is 8.27. The molecule has 7 heteroatoms. The lowest BCUT2D eigenvalue weighted by Gasteiger charge is -2.25. The zero-order valence-corrected chi connectivity index (χ0v) is 14.4. The summed E-state index contributed by atoms with van der Waals surface area (Å²) in [6, 6.07) is 5.96. The predicted molar refractivity (Wildman–Crippen MR) is 95.5 cm³/mol. The lowest BCUT2D eigenvalue weighted by Crippen LogP contribution is -2.37. The molecule has 2 aromatic rings. The lowest BCUT2D eigenvalue weighted by molar-refractivity contribution is -0.131. The molecule has 134 valence electrons. The Balaban J connectivity index is 0.000000701. The zero-order chi connectivity index (χ0) is 18.1. The number of carbonyl (C=O) groups is 2. The monoisotopic (exact) mass is 344 g/mol. The second-order valence-electron chi connectivity index (χ2n) is 5.84. The van der Waals surface area contributed by atoms with Gasteiger partial charge in [-0.3, -0.25) is 14.6 Å². The van der Waals surface area contributed by atoms with Crippen molar-refractivity contribution in [1.82, 2.24) is 14.5 Å². The fourth-order valence-corrected chi connectivity index (χ4v) is 2.96. The van der Waals surface area contributed by atoms with Crippen molar-refractivity contribution in [2.24, 2.45) is 0 Å². The molecule has 3 heterocycles. The van der Waals surface area contributed by atoms with Crippen molar-refractivity contribution in [3.63, 3.8) is 0 Å². The van der Waals surface area contributed by atoms with E-state index >= 15 is 0 Å². The van der Waals surface area contributed by atoms with Crippen LogP contribution in [0.2, 0.25) is 0 Å². The number of carbonyl (C=O) groups excluding carboxylic acids is 1. The Morgan fingerprint density at radius 2 is 1.96 bits per heavy atom. The molecule has 3 rings (SSSR count). The van der Waals surface area contributed by atoms with Gasteiger partial charge >= 0.3 is 0 Å². The molecule has 0 aliphatic carbocycles. The van der Waals surface area contributed by atoms with Gasteiger partial charge in [0, 0.05) is 56.7 Å². The van der Waals surface area contributed by atoms with Gasteiger partial charge in [0.15, 0.2) is 0 Å². The Morgan fingerprint density at radius 3 is 2.64 bits per heavy atom. The standard InChI is InChI=1S/C17H22N4O.CH2O2/c1-15-13-18-6-5-16(15)20-9-4-10-21(12-11-20)17(22)14-19-7-2-3-8-19;2-1-3/h2-3,5-8,13H,4,9-12,14H2,1H3;1H,(H,2,3). The Bertz CT molecular complexity index is 673. The summed E-state index contributed by atoms with van der Waals surface area (Å²) >= 11 is 0. The Morgan fingerprint density at radius 1 is 1.24 bits per heavy atom. The SMILES string of the molecule is Cc1cnccc1N1CCCN(C(=O)Cn2cccc2)CC1.O=CO. The summed E-state index contributed by atoms with van der Waals surface area (Å²) in [7, 11) is 0. The Kier molecular flexibility index (Phi) is 7.00. The van der Waals surface area contributed by atoms with E-state index in [-0.39, 0.29) is 12.4 Å². The number of rotatable bonds is 3. The Hall–Kier alpha value is -2.83. The summed E-state index contributed by atoms with van der Waals surface area (Å²) < 4.78 is 1.93. The van der Waals surface area contributed by atoms with Crippen LogP contribution in [0.4, 0.5) is 5.69 Å². The maximum atomic E-state index is 12.4. The number of nitrogens with zero attached hydrogens (tertiary/aromatic N) is 4. The average molecular weight is 344 g/mol.